The lowest BCUT2D eigenvalue weighted by Gasteiger charge is -2.18. The highest BCUT2D eigenvalue weighted by Gasteiger charge is 2.22. The highest BCUT2D eigenvalue weighted by atomic mass is 32.1. The van der Waals surface area contributed by atoms with Crippen LogP contribution in [0.25, 0.3) is 10.4 Å². The van der Waals surface area contributed by atoms with Crippen molar-refractivity contribution < 1.29 is 13.9 Å². The van der Waals surface area contributed by atoms with E-state index in [9.17, 15) is 18.7 Å². The Morgan fingerprint density at radius 3 is 2.40 bits per heavy atom. The monoisotopic (exact) mass is 363 g/mol. The van der Waals surface area contributed by atoms with Gasteiger partial charge in [0.1, 0.15) is 11.6 Å². The lowest BCUT2D eigenvalue weighted by atomic mass is 9.96. The molecule has 0 fully saturated rings. The van der Waals surface area contributed by atoms with Gasteiger partial charge in [-0.2, -0.15) is 5.10 Å². The zero-order valence-corrected chi connectivity index (χ0v) is 14.2. The summed E-state index contributed by atoms with van der Waals surface area (Å²) in [6.45, 7) is 2.93. The van der Waals surface area contributed by atoms with Crippen molar-refractivity contribution in [1.82, 2.24) is 10.2 Å². The molecule has 0 saturated heterocycles. The van der Waals surface area contributed by atoms with Gasteiger partial charge in [0.25, 0.3) is 5.56 Å². The molecule has 3 rings (SSSR count). The van der Waals surface area contributed by atoms with Gasteiger partial charge in [-0.05, 0) is 49.7 Å². The Morgan fingerprint density at radius 2 is 1.84 bits per heavy atom. The van der Waals surface area contributed by atoms with Gasteiger partial charge >= 0.3 is 0 Å². The SMILES string of the molecule is CC(C)(O)c1cc(F)c(-c2ccc(Nc3ccc(=O)[nH]n3)s2)c(F)c1. The minimum atomic E-state index is -1.34. The summed E-state index contributed by atoms with van der Waals surface area (Å²) < 4.78 is 28.8. The number of H-pyrrole nitrogens is 1. The van der Waals surface area contributed by atoms with E-state index in [1.807, 2.05) is 0 Å². The normalized spacial score (nSPS) is 11.6. The highest BCUT2D eigenvalue weighted by Crippen LogP contribution is 2.37. The van der Waals surface area contributed by atoms with Crippen molar-refractivity contribution in [2.24, 2.45) is 0 Å². The van der Waals surface area contributed by atoms with E-state index in [-0.39, 0.29) is 16.7 Å². The number of benzene rings is 1. The van der Waals surface area contributed by atoms with Crippen molar-refractivity contribution in [3.63, 3.8) is 0 Å². The second-order valence-electron chi connectivity index (χ2n) is 5.97. The van der Waals surface area contributed by atoms with E-state index in [4.69, 9.17) is 0 Å². The van der Waals surface area contributed by atoms with Crippen LogP contribution in [0.4, 0.5) is 19.6 Å². The maximum Gasteiger partial charge on any atom is 0.264 e. The second kappa shape index (κ2) is 6.38. The predicted octanol–water partition coefficient (Wildman–Crippen LogP) is 3.75. The molecule has 3 N–H and O–H groups in total. The lowest BCUT2D eigenvalue weighted by Crippen LogP contribution is -2.16. The molecule has 3 aromatic rings. The number of thiophene rings is 1. The molecular formula is C17H15F2N3O2S. The number of rotatable bonds is 4. The summed E-state index contributed by atoms with van der Waals surface area (Å²) in [5, 5.41) is 19.6. The molecule has 0 spiro atoms. The Balaban J connectivity index is 1.92. The average molecular weight is 363 g/mol. The van der Waals surface area contributed by atoms with Crippen LogP contribution in [0.1, 0.15) is 19.4 Å². The van der Waals surface area contributed by atoms with Gasteiger partial charge in [0.05, 0.1) is 16.2 Å². The van der Waals surface area contributed by atoms with E-state index in [0.29, 0.717) is 15.7 Å². The van der Waals surface area contributed by atoms with Gasteiger partial charge in [-0.1, -0.05) is 0 Å². The first kappa shape index (κ1) is 17.2. The number of nitrogens with one attached hydrogen (secondary N) is 2. The predicted molar refractivity (Wildman–Crippen MR) is 93.1 cm³/mol. The molecule has 0 radical (unpaired) electrons. The summed E-state index contributed by atoms with van der Waals surface area (Å²) in [6.07, 6.45) is 0. The van der Waals surface area contributed by atoms with E-state index < -0.39 is 17.2 Å². The fourth-order valence-corrected chi connectivity index (χ4v) is 3.20. The van der Waals surface area contributed by atoms with Crippen LogP contribution in [0.2, 0.25) is 0 Å². The average Bonchev–Trinajstić information content (AvgIpc) is 2.96. The van der Waals surface area contributed by atoms with Gasteiger partial charge in [-0.15, -0.1) is 11.3 Å². The number of hydrogen-bond acceptors (Lipinski definition) is 5. The Labute approximate surface area is 146 Å². The highest BCUT2D eigenvalue weighted by molar-refractivity contribution is 7.19. The first-order valence-electron chi connectivity index (χ1n) is 7.39. The molecule has 0 saturated carbocycles. The quantitative estimate of drug-likeness (QED) is 0.660. The molecule has 8 heteroatoms. The standard InChI is InChI=1S/C17H15F2N3O2S/c1-17(2,24)9-7-10(18)16(11(19)8-9)12-3-6-15(25-12)20-13-4-5-14(23)22-21-13/h3-8,24H,1-2H3,(H,20,21)(H,22,23). The lowest BCUT2D eigenvalue weighted by molar-refractivity contribution is 0.0779. The van der Waals surface area contributed by atoms with Gasteiger partial charge < -0.3 is 10.4 Å². The molecule has 0 aliphatic carbocycles. The van der Waals surface area contributed by atoms with E-state index in [1.165, 1.54) is 26.0 Å². The molecule has 1 aromatic carbocycles. The van der Waals surface area contributed by atoms with Crippen molar-refractivity contribution in [3.8, 4) is 10.4 Å². The maximum atomic E-state index is 14.4. The number of halogens is 2. The number of hydrogen-bond donors (Lipinski definition) is 3. The molecule has 25 heavy (non-hydrogen) atoms. The van der Waals surface area contributed by atoms with E-state index in [2.05, 4.69) is 15.5 Å². The van der Waals surface area contributed by atoms with Crippen LogP contribution in [0.15, 0.2) is 41.2 Å². The number of aromatic amines is 1. The van der Waals surface area contributed by atoms with Gasteiger partial charge in [-0.3, -0.25) is 4.79 Å². The topological polar surface area (TPSA) is 78.0 Å². The Hall–Kier alpha value is -2.58. The number of nitrogens with zero attached hydrogens (tertiary/aromatic N) is 1. The molecule has 5 nitrogen and oxygen atoms in total. The molecule has 2 heterocycles. The van der Waals surface area contributed by atoms with Crippen LogP contribution in [-0.2, 0) is 5.60 Å². The molecule has 2 aromatic heterocycles. The van der Waals surface area contributed by atoms with E-state index in [0.717, 1.165) is 23.5 Å². The van der Waals surface area contributed by atoms with Crippen molar-refractivity contribution in [2.45, 2.75) is 19.4 Å². The second-order valence-corrected chi connectivity index (χ2v) is 7.05. The molecule has 0 atom stereocenters. The number of aromatic nitrogens is 2. The summed E-state index contributed by atoms with van der Waals surface area (Å²) in [6, 6.07) is 8.33. The van der Waals surface area contributed by atoms with E-state index >= 15 is 0 Å². The van der Waals surface area contributed by atoms with Gasteiger partial charge in [0.2, 0.25) is 0 Å². The van der Waals surface area contributed by atoms with Crippen LogP contribution in [0, 0.1) is 11.6 Å². The molecular weight excluding hydrogens is 348 g/mol. The van der Waals surface area contributed by atoms with Gasteiger partial charge in [0, 0.05) is 10.9 Å². The summed E-state index contributed by atoms with van der Waals surface area (Å²) in [5.41, 5.74) is -1.65. The first-order valence-corrected chi connectivity index (χ1v) is 8.20. The Morgan fingerprint density at radius 1 is 1.16 bits per heavy atom. The summed E-state index contributed by atoms with van der Waals surface area (Å²) in [5.74, 6) is -1.08. The number of anilines is 2. The van der Waals surface area contributed by atoms with Crippen LogP contribution >= 0.6 is 11.3 Å². The zero-order chi connectivity index (χ0) is 18.2. The van der Waals surface area contributed by atoms with Crippen molar-refractivity contribution >= 4 is 22.2 Å². The first-order chi connectivity index (χ1) is 11.7. The van der Waals surface area contributed by atoms with Crippen molar-refractivity contribution in [3.05, 3.63) is 63.9 Å². The molecule has 130 valence electrons. The minimum absolute atomic E-state index is 0.152. The van der Waals surface area contributed by atoms with Crippen LogP contribution in [0.5, 0.6) is 0 Å². The van der Waals surface area contributed by atoms with Crippen molar-refractivity contribution in [1.29, 1.82) is 0 Å². The van der Waals surface area contributed by atoms with Crippen molar-refractivity contribution in [2.75, 3.05) is 5.32 Å². The third kappa shape index (κ3) is 3.75. The summed E-state index contributed by atoms with van der Waals surface area (Å²) in [4.78, 5) is 11.4. The summed E-state index contributed by atoms with van der Waals surface area (Å²) in [7, 11) is 0. The Bertz CT molecular complexity index is 933. The molecule has 0 aliphatic rings. The molecule has 0 bridgehead atoms. The largest absolute Gasteiger partial charge is 0.386 e. The maximum absolute atomic E-state index is 14.4. The van der Waals surface area contributed by atoms with Gasteiger partial charge in [-0.25, -0.2) is 13.9 Å². The van der Waals surface area contributed by atoms with Crippen LogP contribution < -0.4 is 10.9 Å². The van der Waals surface area contributed by atoms with Crippen LogP contribution in [0.3, 0.4) is 0 Å². The molecule has 0 amide bonds. The van der Waals surface area contributed by atoms with E-state index in [1.54, 1.807) is 12.1 Å². The fraction of sp³-hybridized carbons (Fsp3) is 0.176. The number of aliphatic hydroxyl groups is 1. The van der Waals surface area contributed by atoms with Crippen LogP contribution in [-0.4, -0.2) is 15.3 Å². The zero-order valence-electron chi connectivity index (χ0n) is 13.4. The fourth-order valence-electron chi connectivity index (χ4n) is 2.24. The minimum Gasteiger partial charge on any atom is -0.386 e. The molecule has 0 unspecified atom stereocenters. The smallest absolute Gasteiger partial charge is 0.264 e. The third-order valence-electron chi connectivity index (χ3n) is 3.53. The Kier molecular flexibility index (Phi) is 4.40. The summed E-state index contributed by atoms with van der Waals surface area (Å²) >= 11 is 1.14. The third-order valence-corrected chi connectivity index (χ3v) is 4.55. The van der Waals surface area contributed by atoms with Gasteiger partial charge in [0.15, 0.2) is 5.82 Å². The molecule has 0 aliphatic heterocycles.